The van der Waals surface area contributed by atoms with E-state index >= 15 is 0 Å². The van der Waals surface area contributed by atoms with Crippen LogP contribution in [0.3, 0.4) is 0 Å². The Morgan fingerprint density at radius 3 is 2.26 bits per heavy atom. The Morgan fingerprint density at radius 2 is 1.63 bits per heavy atom. The molecule has 0 bridgehead atoms. The van der Waals surface area contributed by atoms with Gasteiger partial charge in [-0.2, -0.15) is 5.21 Å². The van der Waals surface area contributed by atoms with Crippen molar-refractivity contribution in [2.45, 2.75) is 33.2 Å². The van der Waals surface area contributed by atoms with E-state index in [4.69, 9.17) is 10.1 Å². The molecule has 0 aliphatic heterocycles. The smallest absolute Gasteiger partial charge is 0.335 e. The second-order valence-corrected chi connectivity index (χ2v) is 8.99. The quantitative estimate of drug-likeness (QED) is 0.321. The SMILES string of the molecule is CCc1nc(C)c(Cc2ccc(C(=O)O)cc2)c(=O)n1Cc1ccc(-c2ccccc2-c2nn[nH]n2)cc1. The second kappa shape index (κ2) is 10.6. The zero-order valence-electron chi connectivity index (χ0n) is 21.0. The van der Waals surface area contributed by atoms with E-state index < -0.39 is 5.97 Å². The number of rotatable bonds is 8. The molecule has 9 nitrogen and oxygen atoms in total. The number of carboxylic acids is 1. The van der Waals surface area contributed by atoms with Gasteiger partial charge >= 0.3 is 5.97 Å². The lowest BCUT2D eigenvalue weighted by molar-refractivity contribution is 0.0697. The third kappa shape index (κ3) is 4.99. The largest absolute Gasteiger partial charge is 0.478 e. The molecule has 38 heavy (non-hydrogen) atoms. The third-order valence-electron chi connectivity index (χ3n) is 6.57. The Bertz CT molecular complexity index is 1640. The number of aromatic carboxylic acids is 1. The van der Waals surface area contributed by atoms with Crippen molar-refractivity contribution in [2.75, 3.05) is 0 Å². The van der Waals surface area contributed by atoms with Crippen LogP contribution in [0, 0.1) is 6.92 Å². The first kappa shape index (κ1) is 24.8. The first-order chi connectivity index (χ1) is 18.4. The Hall–Kier alpha value is -4.92. The Balaban J connectivity index is 1.44. The van der Waals surface area contributed by atoms with Gasteiger partial charge in [-0.1, -0.05) is 67.6 Å². The Labute approximate surface area is 218 Å². The van der Waals surface area contributed by atoms with E-state index in [0.29, 0.717) is 36.5 Å². The van der Waals surface area contributed by atoms with Gasteiger partial charge < -0.3 is 5.11 Å². The number of nitrogens with zero attached hydrogens (tertiary/aromatic N) is 5. The van der Waals surface area contributed by atoms with Crippen molar-refractivity contribution in [1.82, 2.24) is 30.2 Å². The topological polar surface area (TPSA) is 127 Å². The van der Waals surface area contributed by atoms with Gasteiger partial charge in [0.15, 0.2) is 0 Å². The lowest BCUT2D eigenvalue weighted by atomic mass is 9.98. The summed E-state index contributed by atoms with van der Waals surface area (Å²) in [6.07, 6.45) is 1.01. The molecule has 0 spiro atoms. The number of tetrazole rings is 1. The molecule has 0 saturated heterocycles. The van der Waals surface area contributed by atoms with Crippen LogP contribution in [0.2, 0.25) is 0 Å². The van der Waals surface area contributed by atoms with Crippen molar-refractivity contribution in [3.63, 3.8) is 0 Å². The number of hydrogen-bond donors (Lipinski definition) is 2. The molecule has 2 heterocycles. The molecule has 0 unspecified atom stereocenters. The van der Waals surface area contributed by atoms with Gasteiger partial charge in [-0.05, 0) is 46.5 Å². The van der Waals surface area contributed by atoms with Gasteiger partial charge in [0.2, 0.25) is 5.82 Å². The van der Waals surface area contributed by atoms with Gasteiger partial charge in [0, 0.05) is 29.7 Å². The molecule has 0 aliphatic rings. The summed E-state index contributed by atoms with van der Waals surface area (Å²) in [5.41, 5.74) is 6.14. The fraction of sp³-hybridized carbons (Fsp3) is 0.172. The lowest BCUT2D eigenvalue weighted by Crippen LogP contribution is -2.30. The average Bonchev–Trinajstić information content (AvgIpc) is 3.48. The van der Waals surface area contributed by atoms with Crippen LogP contribution in [0.5, 0.6) is 0 Å². The zero-order valence-corrected chi connectivity index (χ0v) is 21.0. The van der Waals surface area contributed by atoms with Crippen molar-refractivity contribution in [3.8, 4) is 22.5 Å². The van der Waals surface area contributed by atoms with Gasteiger partial charge in [0.05, 0.1) is 12.1 Å². The maximum atomic E-state index is 13.6. The van der Waals surface area contributed by atoms with E-state index in [1.165, 1.54) is 0 Å². The van der Waals surface area contributed by atoms with Gasteiger partial charge in [-0.25, -0.2) is 9.78 Å². The van der Waals surface area contributed by atoms with Crippen LogP contribution in [-0.2, 0) is 19.4 Å². The van der Waals surface area contributed by atoms with Gasteiger partial charge in [0.25, 0.3) is 5.56 Å². The van der Waals surface area contributed by atoms with Gasteiger partial charge in [0.1, 0.15) is 5.82 Å². The summed E-state index contributed by atoms with van der Waals surface area (Å²) in [6, 6.07) is 22.5. The fourth-order valence-corrected chi connectivity index (χ4v) is 4.54. The zero-order chi connectivity index (χ0) is 26.6. The molecule has 0 radical (unpaired) electrons. The second-order valence-electron chi connectivity index (χ2n) is 8.99. The summed E-state index contributed by atoms with van der Waals surface area (Å²) < 4.78 is 1.73. The number of aryl methyl sites for hydroxylation is 2. The van der Waals surface area contributed by atoms with Crippen molar-refractivity contribution in [3.05, 3.63) is 117 Å². The number of benzene rings is 3. The summed E-state index contributed by atoms with van der Waals surface area (Å²) in [4.78, 5) is 29.5. The van der Waals surface area contributed by atoms with E-state index in [2.05, 4.69) is 20.6 Å². The highest BCUT2D eigenvalue weighted by molar-refractivity contribution is 5.87. The molecule has 9 heteroatoms. The number of nitrogens with one attached hydrogen (secondary N) is 1. The molecule has 0 amide bonds. The molecule has 190 valence electrons. The molecular formula is C29H26N6O3. The third-order valence-corrected chi connectivity index (χ3v) is 6.57. The summed E-state index contributed by atoms with van der Waals surface area (Å²) in [5.74, 6) is 0.275. The molecule has 5 aromatic rings. The number of aromatic nitrogens is 6. The summed E-state index contributed by atoms with van der Waals surface area (Å²) >= 11 is 0. The highest BCUT2D eigenvalue weighted by Crippen LogP contribution is 2.29. The molecule has 0 saturated carbocycles. The molecule has 0 aliphatic carbocycles. The minimum atomic E-state index is -0.978. The van der Waals surface area contributed by atoms with E-state index in [1.807, 2.05) is 62.4 Å². The van der Waals surface area contributed by atoms with Crippen LogP contribution in [0.4, 0.5) is 0 Å². The normalized spacial score (nSPS) is 11.0. The van der Waals surface area contributed by atoms with Crippen LogP contribution < -0.4 is 5.56 Å². The van der Waals surface area contributed by atoms with Crippen LogP contribution >= 0.6 is 0 Å². The lowest BCUT2D eigenvalue weighted by Gasteiger charge is -2.16. The standard InChI is InChI=1S/C29H26N6O3/c1-3-26-30-18(2)25(16-19-8-14-22(15-9-19)29(37)38)28(36)35(26)17-20-10-12-21(13-11-20)23-6-4-5-7-24(23)27-31-33-34-32-27/h4-15H,3,16-17H2,1-2H3,(H,37,38)(H,31,32,33,34). The summed E-state index contributed by atoms with van der Waals surface area (Å²) in [5, 5.41) is 23.5. The first-order valence-corrected chi connectivity index (χ1v) is 12.3. The number of aromatic amines is 1. The number of H-pyrrole nitrogens is 1. The van der Waals surface area contributed by atoms with E-state index in [9.17, 15) is 9.59 Å². The van der Waals surface area contributed by atoms with Gasteiger partial charge in [-0.3, -0.25) is 9.36 Å². The van der Waals surface area contributed by atoms with Crippen molar-refractivity contribution in [1.29, 1.82) is 0 Å². The molecule has 2 aromatic heterocycles. The molecule has 0 fully saturated rings. The minimum absolute atomic E-state index is 0.0804. The van der Waals surface area contributed by atoms with Crippen LogP contribution in [0.15, 0.2) is 77.6 Å². The van der Waals surface area contributed by atoms with Crippen LogP contribution in [-0.4, -0.2) is 41.3 Å². The van der Waals surface area contributed by atoms with Crippen LogP contribution in [0.25, 0.3) is 22.5 Å². The molecular weight excluding hydrogens is 480 g/mol. The van der Waals surface area contributed by atoms with Crippen molar-refractivity contribution >= 4 is 5.97 Å². The predicted octanol–water partition coefficient (Wildman–Crippen LogP) is 4.30. The van der Waals surface area contributed by atoms with Crippen molar-refractivity contribution in [2.24, 2.45) is 0 Å². The summed E-state index contributed by atoms with van der Waals surface area (Å²) in [7, 11) is 0. The van der Waals surface area contributed by atoms with Crippen molar-refractivity contribution < 1.29 is 9.90 Å². The van der Waals surface area contributed by atoms with Gasteiger partial charge in [-0.15, -0.1) is 10.2 Å². The summed E-state index contributed by atoms with van der Waals surface area (Å²) in [6.45, 7) is 4.23. The predicted molar refractivity (Wildman–Crippen MR) is 143 cm³/mol. The highest BCUT2D eigenvalue weighted by atomic mass is 16.4. The molecule has 3 aromatic carbocycles. The Kier molecular flexibility index (Phi) is 6.90. The minimum Gasteiger partial charge on any atom is -0.478 e. The maximum Gasteiger partial charge on any atom is 0.335 e. The Morgan fingerprint density at radius 1 is 0.947 bits per heavy atom. The highest BCUT2D eigenvalue weighted by Gasteiger charge is 2.16. The number of carboxylic acid groups (broad SMARTS) is 1. The first-order valence-electron chi connectivity index (χ1n) is 12.3. The van der Waals surface area contributed by atoms with E-state index in [1.54, 1.807) is 28.8 Å². The molecule has 0 atom stereocenters. The number of hydrogen-bond acceptors (Lipinski definition) is 6. The maximum absolute atomic E-state index is 13.6. The number of carbonyl (C=O) groups is 1. The molecule has 5 rings (SSSR count). The fourth-order valence-electron chi connectivity index (χ4n) is 4.54. The molecule has 2 N–H and O–H groups in total. The average molecular weight is 507 g/mol. The van der Waals surface area contributed by atoms with E-state index in [-0.39, 0.29) is 11.1 Å². The van der Waals surface area contributed by atoms with Crippen LogP contribution in [0.1, 0.15) is 45.5 Å². The monoisotopic (exact) mass is 506 g/mol. The van der Waals surface area contributed by atoms with E-state index in [0.717, 1.165) is 33.6 Å².